The fourth-order valence-electron chi connectivity index (χ4n) is 5.37. The maximum absolute atomic E-state index is 10.9. The molecule has 0 aliphatic rings. The van der Waals surface area contributed by atoms with E-state index in [1.54, 1.807) is 12.1 Å². The number of hydrogen-bond acceptors (Lipinski definition) is 3. The molecule has 0 spiro atoms. The van der Waals surface area contributed by atoms with Crippen molar-refractivity contribution >= 4 is 0 Å². The van der Waals surface area contributed by atoms with Crippen molar-refractivity contribution in [2.75, 3.05) is 0 Å². The van der Waals surface area contributed by atoms with E-state index in [4.69, 9.17) is 4.74 Å². The molecule has 2 N–H and O–H groups in total. The van der Waals surface area contributed by atoms with Crippen molar-refractivity contribution in [3.63, 3.8) is 0 Å². The Balaban J connectivity index is 1.51. The first kappa shape index (κ1) is 26.0. The third kappa shape index (κ3) is 5.18. The Labute approximate surface area is 240 Å². The van der Waals surface area contributed by atoms with Crippen LogP contribution in [0.1, 0.15) is 23.6 Å². The molecule has 0 aliphatic heterocycles. The summed E-state index contributed by atoms with van der Waals surface area (Å²) in [6, 6.07) is 49.3. The van der Waals surface area contributed by atoms with Gasteiger partial charge >= 0.3 is 0 Å². The molecule has 41 heavy (non-hydrogen) atoms. The van der Waals surface area contributed by atoms with E-state index in [9.17, 15) is 10.2 Å². The lowest BCUT2D eigenvalue weighted by molar-refractivity contribution is 0.476. The second kappa shape index (κ2) is 11.1. The standard InChI is InChI=1S/C38H30O3/c1-38(29-17-21-33(22-18-29)41-32-15-9-4-10-16-32,30-19-23-36(39)34(25-30)27-11-5-2-6-12-27)31-20-24-37(40)35(26-31)28-13-7-3-8-14-28/h2-26,39-40H,1H3. The molecule has 0 aromatic heterocycles. The molecule has 0 heterocycles. The van der Waals surface area contributed by atoms with E-state index in [0.29, 0.717) is 0 Å². The number of phenolic OH excluding ortho intramolecular Hbond substituents is 2. The third-order valence-corrected chi connectivity index (χ3v) is 7.73. The van der Waals surface area contributed by atoms with E-state index < -0.39 is 5.41 Å². The van der Waals surface area contributed by atoms with Crippen LogP contribution in [0.4, 0.5) is 0 Å². The molecule has 0 saturated carbocycles. The van der Waals surface area contributed by atoms with Crippen molar-refractivity contribution in [3.05, 3.63) is 168 Å². The number of hydrogen-bond donors (Lipinski definition) is 2. The van der Waals surface area contributed by atoms with Gasteiger partial charge in [-0.05, 0) is 83.3 Å². The number of para-hydroxylation sites is 1. The molecular formula is C38H30O3. The summed E-state index contributed by atoms with van der Waals surface area (Å²) in [5.74, 6) is 1.97. The van der Waals surface area contributed by atoms with Crippen LogP contribution in [0, 0.1) is 0 Å². The predicted molar refractivity (Wildman–Crippen MR) is 166 cm³/mol. The number of benzene rings is 6. The van der Waals surface area contributed by atoms with Crippen molar-refractivity contribution in [2.24, 2.45) is 0 Å². The van der Waals surface area contributed by atoms with Crippen LogP contribution in [-0.4, -0.2) is 10.2 Å². The lowest BCUT2D eigenvalue weighted by Crippen LogP contribution is -2.25. The second-order valence-corrected chi connectivity index (χ2v) is 10.3. The number of phenols is 2. The van der Waals surface area contributed by atoms with Crippen molar-refractivity contribution < 1.29 is 14.9 Å². The van der Waals surface area contributed by atoms with E-state index in [-0.39, 0.29) is 11.5 Å². The van der Waals surface area contributed by atoms with E-state index in [1.165, 1.54) is 0 Å². The second-order valence-electron chi connectivity index (χ2n) is 10.3. The Morgan fingerprint density at radius 1 is 0.439 bits per heavy atom. The predicted octanol–water partition coefficient (Wildman–Crippen LogP) is 9.58. The van der Waals surface area contributed by atoms with Gasteiger partial charge in [0.05, 0.1) is 0 Å². The monoisotopic (exact) mass is 534 g/mol. The zero-order valence-electron chi connectivity index (χ0n) is 22.7. The molecule has 200 valence electrons. The van der Waals surface area contributed by atoms with Crippen LogP contribution in [0.25, 0.3) is 22.3 Å². The quantitative estimate of drug-likeness (QED) is 0.201. The molecular weight excluding hydrogens is 504 g/mol. The van der Waals surface area contributed by atoms with Crippen molar-refractivity contribution in [1.82, 2.24) is 0 Å². The summed E-state index contributed by atoms with van der Waals surface area (Å²) in [7, 11) is 0. The van der Waals surface area contributed by atoms with E-state index in [1.807, 2.05) is 115 Å². The van der Waals surface area contributed by atoms with Gasteiger partial charge in [-0.25, -0.2) is 0 Å². The van der Waals surface area contributed by atoms with Gasteiger partial charge in [0.15, 0.2) is 0 Å². The van der Waals surface area contributed by atoms with Crippen LogP contribution in [0.2, 0.25) is 0 Å². The fraction of sp³-hybridized carbons (Fsp3) is 0.0526. The summed E-state index contributed by atoms with van der Waals surface area (Å²) >= 11 is 0. The maximum Gasteiger partial charge on any atom is 0.127 e. The molecule has 0 aliphatic carbocycles. The van der Waals surface area contributed by atoms with E-state index in [2.05, 4.69) is 31.2 Å². The van der Waals surface area contributed by atoms with E-state index >= 15 is 0 Å². The van der Waals surface area contributed by atoms with Crippen LogP contribution in [-0.2, 0) is 5.41 Å². The lowest BCUT2D eigenvalue weighted by Gasteiger charge is -2.33. The molecule has 0 saturated heterocycles. The lowest BCUT2D eigenvalue weighted by atomic mass is 9.70. The van der Waals surface area contributed by atoms with E-state index in [0.717, 1.165) is 50.4 Å². The minimum Gasteiger partial charge on any atom is -0.507 e. The van der Waals surface area contributed by atoms with Crippen molar-refractivity contribution in [1.29, 1.82) is 0 Å². The molecule has 0 fully saturated rings. The van der Waals surface area contributed by atoms with Crippen LogP contribution in [0.15, 0.2) is 152 Å². The Hall–Kier alpha value is -5.28. The van der Waals surface area contributed by atoms with Gasteiger partial charge in [0.25, 0.3) is 0 Å². The molecule has 3 heteroatoms. The van der Waals surface area contributed by atoms with Gasteiger partial charge in [0.1, 0.15) is 23.0 Å². The van der Waals surface area contributed by atoms with Crippen LogP contribution in [0.3, 0.4) is 0 Å². The van der Waals surface area contributed by atoms with Crippen LogP contribution < -0.4 is 4.74 Å². The molecule has 6 aromatic carbocycles. The molecule has 0 radical (unpaired) electrons. The number of rotatable bonds is 7. The highest BCUT2D eigenvalue weighted by atomic mass is 16.5. The Morgan fingerprint density at radius 2 is 0.829 bits per heavy atom. The Kier molecular flexibility index (Phi) is 7.01. The van der Waals surface area contributed by atoms with Crippen molar-refractivity contribution in [2.45, 2.75) is 12.3 Å². The molecule has 0 unspecified atom stereocenters. The highest BCUT2D eigenvalue weighted by molar-refractivity contribution is 5.74. The normalized spacial score (nSPS) is 11.2. The summed E-state index contributed by atoms with van der Waals surface area (Å²) in [4.78, 5) is 0. The maximum atomic E-state index is 10.9. The van der Waals surface area contributed by atoms with Gasteiger partial charge in [-0.1, -0.05) is 103 Å². The summed E-state index contributed by atoms with van der Waals surface area (Å²) in [6.45, 7) is 2.18. The summed E-state index contributed by atoms with van der Waals surface area (Å²) in [5, 5.41) is 21.7. The average molecular weight is 535 g/mol. The highest BCUT2D eigenvalue weighted by Gasteiger charge is 2.33. The molecule has 3 nitrogen and oxygen atoms in total. The van der Waals surface area contributed by atoms with Gasteiger partial charge in [-0.15, -0.1) is 0 Å². The number of aromatic hydroxyl groups is 2. The molecule has 0 bridgehead atoms. The molecule has 0 amide bonds. The van der Waals surface area contributed by atoms with Gasteiger partial charge in [0, 0.05) is 16.5 Å². The first-order chi connectivity index (χ1) is 20.0. The molecule has 0 atom stereocenters. The van der Waals surface area contributed by atoms with Crippen LogP contribution in [0.5, 0.6) is 23.0 Å². The highest BCUT2D eigenvalue weighted by Crippen LogP contribution is 2.45. The SMILES string of the molecule is CC(c1ccc(Oc2ccccc2)cc1)(c1ccc(O)c(-c2ccccc2)c1)c1ccc(O)c(-c2ccccc2)c1. The Morgan fingerprint density at radius 3 is 1.29 bits per heavy atom. The smallest absolute Gasteiger partial charge is 0.127 e. The average Bonchev–Trinajstić information content (AvgIpc) is 3.03. The Bertz CT molecular complexity index is 1670. The van der Waals surface area contributed by atoms with Gasteiger partial charge in [0.2, 0.25) is 0 Å². The van der Waals surface area contributed by atoms with Gasteiger partial charge < -0.3 is 14.9 Å². The minimum absolute atomic E-state index is 0.226. The summed E-state index contributed by atoms with van der Waals surface area (Å²) in [5.41, 5.74) is 5.85. The number of ether oxygens (including phenoxy) is 1. The summed E-state index contributed by atoms with van der Waals surface area (Å²) in [6.07, 6.45) is 0. The van der Waals surface area contributed by atoms with Gasteiger partial charge in [-0.3, -0.25) is 0 Å². The van der Waals surface area contributed by atoms with Gasteiger partial charge in [-0.2, -0.15) is 0 Å². The summed E-state index contributed by atoms with van der Waals surface area (Å²) < 4.78 is 6.08. The topological polar surface area (TPSA) is 49.7 Å². The molecule has 6 aromatic rings. The molecule has 6 rings (SSSR count). The fourth-order valence-corrected chi connectivity index (χ4v) is 5.37. The first-order valence-electron chi connectivity index (χ1n) is 13.6. The zero-order chi connectivity index (χ0) is 28.2. The largest absolute Gasteiger partial charge is 0.507 e. The van der Waals surface area contributed by atoms with Crippen molar-refractivity contribution in [3.8, 4) is 45.3 Å². The van der Waals surface area contributed by atoms with Crippen LogP contribution >= 0.6 is 0 Å². The third-order valence-electron chi connectivity index (χ3n) is 7.73. The zero-order valence-corrected chi connectivity index (χ0v) is 22.7. The minimum atomic E-state index is -0.625. The first-order valence-corrected chi connectivity index (χ1v) is 13.6.